The molecule has 706 valence electrons. The van der Waals surface area contributed by atoms with Crippen molar-refractivity contribution in [3.63, 3.8) is 0 Å². The summed E-state index contributed by atoms with van der Waals surface area (Å²) < 4.78 is 35.8. The average molecular weight is 1670 g/mol. The van der Waals surface area contributed by atoms with Gasteiger partial charge < -0.3 is 28.4 Å². The lowest BCUT2D eigenvalue weighted by atomic mass is 9.61. The molecule has 0 aromatic carbocycles. The third kappa shape index (κ3) is 25.3. The van der Waals surface area contributed by atoms with Crippen LogP contribution in [0.25, 0.3) is 0 Å². The number of hydrogen-bond donors (Lipinski definition) is 0. The summed E-state index contributed by atoms with van der Waals surface area (Å²) >= 11 is 0. The molecule has 12 heteroatoms. The summed E-state index contributed by atoms with van der Waals surface area (Å²) in [6, 6.07) is 0. The average Bonchev–Trinajstić information content (AvgIpc) is 1.56. The van der Waals surface area contributed by atoms with E-state index in [1.165, 1.54) is 116 Å². The number of hydrogen-bond acceptors (Lipinski definition) is 12. The van der Waals surface area contributed by atoms with Crippen LogP contribution in [0.1, 0.15) is 510 Å². The molecule has 0 N–H and O–H groups in total. The van der Waals surface area contributed by atoms with Gasteiger partial charge in [-0.25, -0.2) is 0 Å². The van der Waals surface area contributed by atoms with Gasteiger partial charge in [0.2, 0.25) is 0 Å². The molecular formula is C105H214O12. The van der Waals surface area contributed by atoms with Gasteiger partial charge >= 0.3 is 35.8 Å². The zero-order chi connectivity index (χ0) is 80.5. The predicted molar refractivity (Wildman–Crippen MR) is 511 cm³/mol. The summed E-state index contributed by atoms with van der Waals surface area (Å²) in [5, 5.41) is 0. The number of ether oxygens (including phenoxy) is 6. The summed E-state index contributed by atoms with van der Waals surface area (Å²) in [7, 11) is 0. The Labute approximate surface area is 733 Å². The highest BCUT2D eigenvalue weighted by Gasteiger charge is 2.73. The van der Waals surface area contributed by atoms with Crippen molar-refractivity contribution >= 4 is 35.8 Å². The van der Waals surface area contributed by atoms with Crippen LogP contribution in [0.4, 0.5) is 0 Å². The summed E-state index contributed by atoms with van der Waals surface area (Å²) in [6.07, 6.45) is 33.5. The van der Waals surface area contributed by atoms with Crippen molar-refractivity contribution in [2.75, 3.05) is 0 Å². The van der Waals surface area contributed by atoms with Crippen LogP contribution >= 0.6 is 0 Å². The maximum Gasteiger partial charge on any atom is 0.312 e. The molecule has 10 aliphatic rings. The molecule has 0 amide bonds. The second-order valence-corrected chi connectivity index (χ2v) is 42.8. The van der Waals surface area contributed by atoms with E-state index < -0.39 is 0 Å². The van der Waals surface area contributed by atoms with Crippen LogP contribution in [0.3, 0.4) is 0 Å². The topological polar surface area (TPSA) is 158 Å². The minimum absolute atomic E-state index is 0. The van der Waals surface area contributed by atoms with Crippen LogP contribution in [0.15, 0.2) is 0 Å². The Morgan fingerprint density at radius 2 is 0.530 bits per heavy atom. The zero-order valence-corrected chi connectivity index (χ0v) is 74.7. The minimum atomic E-state index is -0.378. The van der Waals surface area contributed by atoms with E-state index in [0.29, 0.717) is 23.7 Å². The molecule has 8 bridgehead atoms. The maximum atomic E-state index is 12.5. The lowest BCUT2D eigenvalue weighted by Gasteiger charge is -2.51. The molecule has 10 saturated carbocycles. The quantitative estimate of drug-likeness (QED) is 0.0728. The lowest BCUT2D eigenvalue weighted by Crippen LogP contribution is -2.55. The van der Waals surface area contributed by atoms with E-state index in [1.807, 2.05) is 90.0 Å². The lowest BCUT2D eigenvalue weighted by molar-refractivity contribution is -0.202. The first kappa shape index (κ1) is 129. The van der Waals surface area contributed by atoms with Crippen LogP contribution in [-0.2, 0) is 57.2 Å². The van der Waals surface area contributed by atoms with Crippen molar-refractivity contribution in [3.05, 3.63) is 0 Å². The molecule has 0 aromatic heterocycles. The fourth-order valence-electron chi connectivity index (χ4n) is 21.0. The standard InChI is InChI=1S/2C17H30O2.2C16H28O2.C14H26O2.C13H24O2.12CH4/c1-8-14(2,3)13(18)19-17(7)11-12-9-10-16(17,6)15(12,4)5;1-8-14(2,3)13(18)19-17(7)15(4,5)12-9-10-16(17,6)11-12;1-7-11(2)13(17)18-16(6)10-12-8-9-15(16,5)14(12,3)4;1-7-11(2)13(17)18-16(6)14(3,4)12-8-9-15(16,5)10-12;1-5-13(2,3)12(15)16-14(4)10-8-6-7-9-11-14;1-4-11(2)12(14)15-13(3)9-7-5-6-8-10-13;;;;;;;;;;;;/h2*12H,8-11H2,1-7H3;2*11-12H,7-10H2,1-6H3;5-11H2,1-4H3;11H,4-10H2,1-3H3;12*1H4. The van der Waals surface area contributed by atoms with Gasteiger partial charge in [-0.2, -0.15) is 0 Å². The van der Waals surface area contributed by atoms with Crippen molar-refractivity contribution in [1.29, 1.82) is 0 Å². The molecule has 10 rings (SSSR count). The largest absolute Gasteiger partial charge is 0.459 e. The Hall–Kier alpha value is -3.18. The van der Waals surface area contributed by atoms with E-state index in [0.717, 1.165) is 77.0 Å². The second-order valence-electron chi connectivity index (χ2n) is 42.8. The summed E-state index contributed by atoms with van der Waals surface area (Å²) in [6.45, 7) is 70.7. The molecule has 0 aromatic rings. The molecule has 0 aliphatic heterocycles. The summed E-state index contributed by atoms with van der Waals surface area (Å²) in [5.41, 5.74) is -1.34. The zero-order valence-electron chi connectivity index (χ0n) is 74.7. The molecule has 0 heterocycles. The van der Waals surface area contributed by atoms with Crippen LogP contribution in [0.5, 0.6) is 0 Å². The van der Waals surface area contributed by atoms with Gasteiger partial charge in [0.25, 0.3) is 0 Å². The van der Waals surface area contributed by atoms with Crippen molar-refractivity contribution in [1.82, 2.24) is 0 Å². The van der Waals surface area contributed by atoms with Gasteiger partial charge in [-0.1, -0.05) is 260 Å². The maximum absolute atomic E-state index is 12.5. The van der Waals surface area contributed by atoms with Crippen molar-refractivity contribution in [2.24, 2.45) is 101 Å². The van der Waals surface area contributed by atoms with Gasteiger partial charge in [0.1, 0.15) is 33.6 Å². The van der Waals surface area contributed by atoms with Crippen LogP contribution in [0.2, 0.25) is 0 Å². The number of carbonyl (C=O) groups excluding carboxylic acids is 6. The van der Waals surface area contributed by atoms with E-state index >= 15 is 0 Å². The van der Waals surface area contributed by atoms with Crippen molar-refractivity contribution < 1.29 is 57.2 Å². The van der Waals surface area contributed by atoms with Gasteiger partial charge in [0.15, 0.2) is 0 Å². The van der Waals surface area contributed by atoms with Gasteiger partial charge in [0.05, 0.1) is 34.0 Å². The van der Waals surface area contributed by atoms with Gasteiger partial charge in [-0.3, -0.25) is 28.8 Å². The molecule has 10 fully saturated rings. The Morgan fingerprint density at radius 3 is 0.786 bits per heavy atom. The fraction of sp³-hybridized carbons (Fsp3) is 0.943. The molecule has 15 unspecified atom stereocenters. The smallest absolute Gasteiger partial charge is 0.312 e. The molecule has 0 spiro atoms. The number of esters is 6. The number of fused-ring (bicyclic) bond motifs is 8. The molecule has 117 heavy (non-hydrogen) atoms. The highest BCUT2D eigenvalue weighted by Crippen LogP contribution is 2.74. The molecule has 10 aliphatic carbocycles. The van der Waals surface area contributed by atoms with E-state index in [-0.39, 0.29) is 236 Å². The monoisotopic (exact) mass is 1670 g/mol. The Kier molecular flexibility index (Phi) is 51.6. The van der Waals surface area contributed by atoms with Crippen molar-refractivity contribution in [2.45, 2.75) is 544 Å². The normalized spacial score (nSPS) is 32.2. The van der Waals surface area contributed by atoms with Crippen molar-refractivity contribution in [3.8, 4) is 0 Å². The van der Waals surface area contributed by atoms with Gasteiger partial charge in [0, 0.05) is 32.5 Å². The highest BCUT2D eigenvalue weighted by molar-refractivity contribution is 5.78. The molecule has 12 nitrogen and oxygen atoms in total. The number of carbonyl (C=O) groups is 6. The first-order chi connectivity index (χ1) is 47.8. The molecular weight excluding hydrogens is 1450 g/mol. The summed E-state index contributed by atoms with van der Waals surface area (Å²) in [5.74, 6) is 2.77. The third-order valence-corrected chi connectivity index (χ3v) is 34.4. The second kappa shape index (κ2) is 46.7. The predicted octanol–water partition coefficient (Wildman–Crippen LogP) is 32.9. The van der Waals surface area contributed by atoms with Gasteiger partial charge in [-0.05, 0) is 285 Å². The Bertz CT molecular complexity index is 2940. The van der Waals surface area contributed by atoms with E-state index in [9.17, 15) is 28.8 Å². The third-order valence-electron chi connectivity index (χ3n) is 34.4. The minimum Gasteiger partial charge on any atom is -0.459 e. The SMILES string of the molecule is C.C.C.C.C.C.C.C.C.C.C.C.CCC(C)(C)C(=O)OC1(C)C2(C)CCC(C2)C1(C)C.CCC(C)(C)C(=O)OC1(C)CC2CCC1(C)C2(C)C.CCC(C)(C)C(=O)OC1(C)CCCCCC1.CCC(C)C(=O)OC1(C)C2(C)CCC(C2)C1(C)C.CCC(C)C(=O)OC1(C)CC2CCC1(C)C2(C)C.CCC(C)C(=O)OC1(C)CCCCCC1. The number of rotatable bonds is 18. The Balaban J connectivity index is -0.000000199. The van der Waals surface area contributed by atoms with E-state index in [4.69, 9.17) is 28.4 Å². The van der Waals surface area contributed by atoms with Crippen LogP contribution in [-0.4, -0.2) is 69.4 Å². The summed E-state index contributed by atoms with van der Waals surface area (Å²) in [4.78, 5) is 73.2. The van der Waals surface area contributed by atoms with Crippen LogP contribution in [0, 0.1) is 101 Å². The van der Waals surface area contributed by atoms with Gasteiger partial charge in [-0.15, -0.1) is 0 Å². The first-order valence-electron chi connectivity index (χ1n) is 43.2. The van der Waals surface area contributed by atoms with E-state index in [1.54, 1.807) is 0 Å². The van der Waals surface area contributed by atoms with E-state index in [2.05, 4.69) is 138 Å². The fourth-order valence-corrected chi connectivity index (χ4v) is 21.0. The molecule has 15 atom stereocenters. The molecule has 0 radical (unpaired) electrons. The first-order valence-corrected chi connectivity index (χ1v) is 43.2. The highest BCUT2D eigenvalue weighted by atomic mass is 16.6. The Morgan fingerprint density at radius 1 is 0.291 bits per heavy atom. The van der Waals surface area contributed by atoms with Crippen LogP contribution < -0.4 is 0 Å². The molecule has 0 saturated heterocycles.